The Hall–Kier alpha value is -2.36. The van der Waals surface area contributed by atoms with Crippen molar-refractivity contribution in [2.75, 3.05) is 26.6 Å². The zero-order valence-electron chi connectivity index (χ0n) is 12.9. The van der Waals surface area contributed by atoms with E-state index >= 15 is 0 Å². The molecule has 0 unspecified atom stereocenters. The highest BCUT2D eigenvalue weighted by Gasteiger charge is 2.15. The number of benzene rings is 2. The first-order valence-corrected chi connectivity index (χ1v) is 6.78. The molecule has 0 amide bonds. The predicted molar refractivity (Wildman–Crippen MR) is 84.6 cm³/mol. The van der Waals surface area contributed by atoms with E-state index in [1.165, 1.54) is 5.56 Å². The third-order valence-corrected chi connectivity index (χ3v) is 3.29. The molecule has 0 atom stereocenters. The molecule has 4 heteroatoms. The summed E-state index contributed by atoms with van der Waals surface area (Å²) in [5, 5.41) is 3.39. The van der Waals surface area contributed by atoms with Gasteiger partial charge in [0.1, 0.15) is 0 Å². The van der Waals surface area contributed by atoms with Gasteiger partial charge in [-0.05, 0) is 36.8 Å². The highest BCUT2D eigenvalue weighted by molar-refractivity contribution is 5.57. The van der Waals surface area contributed by atoms with Gasteiger partial charge in [0.25, 0.3) is 0 Å². The van der Waals surface area contributed by atoms with Crippen LogP contribution in [0.3, 0.4) is 0 Å². The highest BCUT2D eigenvalue weighted by atomic mass is 16.5. The lowest BCUT2D eigenvalue weighted by atomic mass is 10.1. The van der Waals surface area contributed by atoms with Gasteiger partial charge in [0.15, 0.2) is 11.5 Å². The third kappa shape index (κ3) is 3.40. The Bertz CT molecular complexity index is 611. The molecule has 0 aliphatic heterocycles. The van der Waals surface area contributed by atoms with Crippen molar-refractivity contribution < 1.29 is 14.2 Å². The topological polar surface area (TPSA) is 39.7 Å². The normalized spacial score (nSPS) is 10.1. The van der Waals surface area contributed by atoms with E-state index in [2.05, 4.69) is 24.4 Å². The molecule has 21 heavy (non-hydrogen) atoms. The summed E-state index contributed by atoms with van der Waals surface area (Å²) in [6.07, 6.45) is 0. The van der Waals surface area contributed by atoms with E-state index in [4.69, 9.17) is 14.2 Å². The fourth-order valence-electron chi connectivity index (χ4n) is 2.25. The maximum Gasteiger partial charge on any atom is 0.203 e. The van der Waals surface area contributed by atoms with Crippen LogP contribution in [0.4, 0.5) is 5.69 Å². The van der Waals surface area contributed by atoms with Crippen molar-refractivity contribution in [3.05, 3.63) is 47.5 Å². The van der Waals surface area contributed by atoms with Gasteiger partial charge in [-0.1, -0.05) is 12.1 Å². The molecule has 0 aromatic heterocycles. The summed E-state index contributed by atoms with van der Waals surface area (Å²) in [4.78, 5) is 0. The van der Waals surface area contributed by atoms with E-state index in [-0.39, 0.29) is 0 Å². The van der Waals surface area contributed by atoms with Gasteiger partial charge >= 0.3 is 0 Å². The second-order valence-electron chi connectivity index (χ2n) is 4.72. The van der Waals surface area contributed by atoms with Gasteiger partial charge in [-0.2, -0.15) is 0 Å². The number of rotatable bonds is 6. The van der Waals surface area contributed by atoms with Crippen LogP contribution in [0, 0.1) is 6.92 Å². The fraction of sp³-hybridized carbons (Fsp3) is 0.294. The average molecular weight is 287 g/mol. The maximum absolute atomic E-state index is 5.48. The Labute approximate surface area is 125 Å². The molecule has 0 aliphatic carbocycles. The Morgan fingerprint density at radius 1 is 0.905 bits per heavy atom. The summed E-state index contributed by atoms with van der Waals surface area (Å²) >= 11 is 0. The van der Waals surface area contributed by atoms with E-state index in [1.54, 1.807) is 21.3 Å². The maximum atomic E-state index is 5.48. The van der Waals surface area contributed by atoms with Gasteiger partial charge in [0.05, 0.1) is 21.3 Å². The van der Waals surface area contributed by atoms with E-state index in [0.717, 1.165) is 11.3 Å². The van der Waals surface area contributed by atoms with Crippen LogP contribution >= 0.6 is 0 Å². The van der Waals surface area contributed by atoms with Gasteiger partial charge in [0.2, 0.25) is 5.75 Å². The zero-order valence-corrected chi connectivity index (χ0v) is 12.9. The van der Waals surface area contributed by atoms with E-state index in [1.807, 2.05) is 24.3 Å². The Kier molecular flexibility index (Phi) is 4.93. The van der Waals surface area contributed by atoms with Crippen LogP contribution in [-0.2, 0) is 6.54 Å². The summed E-state index contributed by atoms with van der Waals surface area (Å²) in [5.74, 6) is 1.97. The molecular formula is C17H21NO3. The second-order valence-corrected chi connectivity index (χ2v) is 4.72. The van der Waals surface area contributed by atoms with Gasteiger partial charge in [-0.3, -0.25) is 0 Å². The lowest BCUT2D eigenvalue weighted by Crippen LogP contribution is -2.04. The molecule has 0 aliphatic rings. The van der Waals surface area contributed by atoms with Crippen molar-refractivity contribution in [3.63, 3.8) is 0 Å². The molecule has 0 bridgehead atoms. The van der Waals surface area contributed by atoms with Crippen LogP contribution < -0.4 is 19.5 Å². The number of aryl methyl sites for hydroxylation is 1. The van der Waals surface area contributed by atoms with Crippen molar-refractivity contribution in [2.45, 2.75) is 13.5 Å². The van der Waals surface area contributed by atoms with Crippen molar-refractivity contribution in [1.29, 1.82) is 0 Å². The number of hydrogen-bond acceptors (Lipinski definition) is 4. The quantitative estimate of drug-likeness (QED) is 0.880. The first-order chi connectivity index (χ1) is 10.2. The standard InChI is InChI=1S/C17H21NO3/c1-12-6-5-7-14(10-12)18-11-13-8-9-15(19-2)17(21-4)16(13)20-3/h5-10,18H,11H2,1-4H3. The van der Waals surface area contributed by atoms with E-state index in [0.29, 0.717) is 23.8 Å². The third-order valence-electron chi connectivity index (χ3n) is 3.29. The van der Waals surface area contributed by atoms with Crippen LogP contribution in [0.1, 0.15) is 11.1 Å². The zero-order chi connectivity index (χ0) is 15.2. The summed E-state index contributed by atoms with van der Waals surface area (Å²) in [5.41, 5.74) is 3.31. The number of hydrogen-bond donors (Lipinski definition) is 1. The SMILES string of the molecule is COc1ccc(CNc2cccc(C)c2)c(OC)c1OC. The number of methoxy groups -OCH3 is 3. The van der Waals surface area contributed by atoms with Crippen LogP contribution in [0.5, 0.6) is 17.2 Å². The van der Waals surface area contributed by atoms with Crippen LogP contribution in [0.2, 0.25) is 0 Å². The minimum Gasteiger partial charge on any atom is -0.493 e. The highest BCUT2D eigenvalue weighted by Crippen LogP contribution is 2.39. The molecule has 2 rings (SSSR count). The molecule has 0 radical (unpaired) electrons. The largest absolute Gasteiger partial charge is 0.493 e. The van der Waals surface area contributed by atoms with E-state index < -0.39 is 0 Å². The summed E-state index contributed by atoms with van der Waals surface area (Å²) in [7, 11) is 4.85. The molecule has 2 aromatic rings. The lowest BCUT2D eigenvalue weighted by molar-refractivity contribution is 0.322. The van der Waals surface area contributed by atoms with Crippen LogP contribution in [0.25, 0.3) is 0 Å². The minimum atomic E-state index is 0.614. The second kappa shape index (κ2) is 6.88. The van der Waals surface area contributed by atoms with E-state index in [9.17, 15) is 0 Å². The molecule has 112 valence electrons. The Balaban J connectivity index is 2.23. The van der Waals surface area contributed by atoms with Crippen molar-refractivity contribution in [2.24, 2.45) is 0 Å². The van der Waals surface area contributed by atoms with Crippen molar-refractivity contribution in [1.82, 2.24) is 0 Å². The molecule has 0 saturated heterocycles. The van der Waals surface area contributed by atoms with Crippen LogP contribution in [0.15, 0.2) is 36.4 Å². The molecule has 1 N–H and O–H groups in total. The summed E-state index contributed by atoms with van der Waals surface area (Å²) in [6, 6.07) is 12.1. The molecule has 0 saturated carbocycles. The first-order valence-electron chi connectivity index (χ1n) is 6.78. The molecular weight excluding hydrogens is 266 g/mol. The Morgan fingerprint density at radius 3 is 2.29 bits per heavy atom. The monoisotopic (exact) mass is 287 g/mol. The van der Waals surface area contributed by atoms with Crippen molar-refractivity contribution >= 4 is 5.69 Å². The molecule has 0 fully saturated rings. The fourth-order valence-corrected chi connectivity index (χ4v) is 2.25. The first kappa shape index (κ1) is 15.0. The Morgan fingerprint density at radius 2 is 1.67 bits per heavy atom. The number of nitrogens with one attached hydrogen (secondary N) is 1. The van der Waals surface area contributed by atoms with Gasteiger partial charge in [-0.15, -0.1) is 0 Å². The molecule has 0 heterocycles. The molecule has 0 spiro atoms. The summed E-state index contributed by atoms with van der Waals surface area (Å²) in [6.45, 7) is 2.72. The van der Waals surface area contributed by atoms with Gasteiger partial charge in [-0.25, -0.2) is 0 Å². The molecule has 2 aromatic carbocycles. The minimum absolute atomic E-state index is 0.614. The molecule has 4 nitrogen and oxygen atoms in total. The smallest absolute Gasteiger partial charge is 0.203 e. The predicted octanol–water partition coefficient (Wildman–Crippen LogP) is 3.63. The van der Waals surface area contributed by atoms with Crippen LogP contribution in [-0.4, -0.2) is 21.3 Å². The lowest BCUT2D eigenvalue weighted by Gasteiger charge is -2.16. The van der Waals surface area contributed by atoms with Gasteiger partial charge < -0.3 is 19.5 Å². The average Bonchev–Trinajstić information content (AvgIpc) is 2.51. The number of ether oxygens (including phenoxy) is 3. The van der Waals surface area contributed by atoms with Crippen molar-refractivity contribution in [3.8, 4) is 17.2 Å². The van der Waals surface area contributed by atoms with Gasteiger partial charge in [0, 0.05) is 17.8 Å². The number of anilines is 1. The summed E-state index contributed by atoms with van der Waals surface area (Å²) < 4.78 is 16.2.